The van der Waals surface area contributed by atoms with Crippen LogP contribution in [-0.2, 0) is 6.42 Å². The average molecular weight is 178 g/mol. The van der Waals surface area contributed by atoms with E-state index in [0.717, 1.165) is 17.7 Å². The van der Waals surface area contributed by atoms with Crippen LogP contribution in [0.15, 0.2) is 24.3 Å². The fourth-order valence-corrected chi connectivity index (χ4v) is 1.56. The molecule has 0 aliphatic carbocycles. The molecule has 1 aromatic carbocycles. The first kappa shape index (κ1) is 8.60. The second-order valence-electron chi connectivity index (χ2n) is 3.22. The molecule has 13 heavy (non-hydrogen) atoms. The summed E-state index contributed by atoms with van der Waals surface area (Å²) in [5, 5.41) is 17.9. The third-order valence-electron chi connectivity index (χ3n) is 2.28. The second kappa shape index (κ2) is 3.40. The van der Waals surface area contributed by atoms with Gasteiger partial charge in [-0.15, -0.1) is 0 Å². The third kappa shape index (κ3) is 1.69. The highest BCUT2D eigenvalue weighted by molar-refractivity contribution is 6.42. The Kier molecular flexibility index (Phi) is 2.25. The van der Waals surface area contributed by atoms with Crippen molar-refractivity contribution in [2.24, 2.45) is 0 Å². The second-order valence-corrected chi connectivity index (χ2v) is 3.22. The maximum absolute atomic E-state index is 8.93. The van der Waals surface area contributed by atoms with Gasteiger partial charge >= 0.3 is 7.12 Å². The number of hydrogen-bond donors (Lipinski definition) is 2. The fraction of sp³-hybridized carbons (Fsp3) is 0.333. The molecule has 0 amide bonds. The quantitative estimate of drug-likeness (QED) is 0.611. The first-order valence-electron chi connectivity index (χ1n) is 4.38. The van der Waals surface area contributed by atoms with Gasteiger partial charge in [0.15, 0.2) is 0 Å². The molecule has 2 rings (SSSR count). The topological polar surface area (TPSA) is 49.7 Å². The van der Waals surface area contributed by atoms with Crippen molar-refractivity contribution in [1.82, 2.24) is 0 Å². The number of fused-ring (bicyclic) bond motifs is 1. The standard InChI is InChI=1S/C9H11BO3/c11-10(12)9-6-5-7-3-1-2-4-8(7)13-9/h1-4,9,11-12H,5-6H2. The lowest BCUT2D eigenvalue weighted by Crippen LogP contribution is -2.38. The van der Waals surface area contributed by atoms with E-state index in [2.05, 4.69) is 0 Å². The summed E-state index contributed by atoms with van der Waals surface area (Å²) in [7, 11) is -1.38. The van der Waals surface area contributed by atoms with E-state index in [9.17, 15) is 0 Å². The van der Waals surface area contributed by atoms with Crippen molar-refractivity contribution in [2.75, 3.05) is 0 Å². The molecule has 1 atom stereocenters. The van der Waals surface area contributed by atoms with Crippen molar-refractivity contribution in [1.29, 1.82) is 0 Å². The van der Waals surface area contributed by atoms with Gasteiger partial charge in [-0.25, -0.2) is 0 Å². The monoisotopic (exact) mass is 178 g/mol. The van der Waals surface area contributed by atoms with Crippen LogP contribution in [0, 0.1) is 0 Å². The van der Waals surface area contributed by atoms with Crippen molar-refractivity contribution >= 4 is 7.12 Å². The number of para-hydroxylation sites is 1. The summed E-state index contributed by atoms with van der Waals surface area (Å²) in [5.41, 5.74) is 1.14. The van der Waals surface area contributed by atoms with Gasteiger partial charge in [0.1, 0.15) is 11.8 Å². The van der Waals surface area contributed by atoms with Gasteiger partial charge in [0, 0.05) is 0 Å². The molecule has 1 heterocycles. The number of aryl methyl sites for hydroxylation is 1. The van der Waals surface area contributed by atoms with Crippen LogP contribution in [0.3, 0.4) is 0 Å². The van der Waals surface area contributed by atoms with Crippen LogP contribution in [0.25, 0.3) is 0 Å². The van der Waals surface area contributed by atoms with Gasteiger partial charge in [-0.2, -0.15) is 0 Å². The molecule has 4 heteroatoms. The smallest absolute Gasteiger partial charge is 0.492 e. The summed E-state index contributed by atoms with van der Waals surface area (Å²) < 4.78 is 5.39. The molecule has 3 nitrogen and oxygen atoms in total. The molecule has 1 aliphatic rings. The minimum atomic E-state index is -1.38. The van der Waals surface area contributed by atoms with Gasteiger partial charge < -0.3 is 14.8 Å². The van der Waals surface area contributed by atoms with E-state index in [1.807, 2.05) is 24.3 Å². The molecule has 1 aromatic rings. The first-order valence-corrected chi connectivity index (χ1v) is 4.38. The zero-order chi connectivity index (χ0) is 9.26. The molecule has 1 unspecified atom stereocenters. The zero-order valence-corrected chi connectivity index (χ0v) is 7.18. The highest BCUT2D eigenvalue weighted by Gasteiger charge is 2.29. The van der Waals surface area contributed by atoms with E-state index in [-0.39, 0.29) is 0 Å². The van der Waals surface area contributed by atoms with Gasteiger partial charge in [0.05, 0.1) is 0 Å². The lowest BCUT2D eigenvalue weighted by atomic mass is 9.77. The van der Waals surface area contributed by atoms with Crippen molar-refractivity contribution in [3.63, 3.8) is 0 Å². The number of ether oxygens (including phenoxy) is 1. The van der Waals surface area contributed by atoms with E-state index in [0.29, 0.717) is 6.42 Å². The Hall–Kier alpha value is -0.995. The van der Waals surface area contributed by atoms with Gasteiger partial charge in [-0.1, -0.05) is 18.2 Å². The molecule has 1 aliphatic heterocycles. The van der Waals surface area contributed by atoms with E-state index in [1.165, 1.54) is 0 Å². The molecule has 68 valence electrons. The lowest BCUT2D eigenvalue weighted by molar-refractivity contribution is 0.195. The van der Waals surface area contributed by atoms with E-state index < -0.39 is 13.1 Å². The molecule has 0 fully saturated rings. The van der Waals surface area contributed by atoms with Gasteiger partial charge in [0.2, 0.25) is 0 Å². The van der Waals surface area contributed by atoms with Gasteiger partial charge in [0.25, 0.3) is 0 Å². The van der Waals surface area contributed by atoms with Crippen LogP contribution in [0.4, 0.5) is 0 Å². The summed E-state index contributed by atoms with van der Waals surface area (Å²) in [6.45, 7) is 0. The molecule has 0 radical (unpaired) electrons. The van der Waals surface area contributed by atoms with Crippen molar-refractivity contribution < 1.29 is 14.8 Å². The Bertz CT molecular complexity index is 301. The lowest BCUT2D eigenvalue weighted by Gasteiger charge is -2.25. The Morgan fingerprint density at radius 2 is 2.08 bits per heavy atom. The molecule has 0 spiro atoms. The maximum Gasteiger partial charge on any atom is 0.495 e. The van der Waals surface area contributed by atoms with Crippen LogP contribution >= 0.6 is 0 Å². The Morgan fingerprint density at radius 3 is 2.85 bits per heavy atom. The van der Waals surface area contributed by atoms with Crippen LogP contribution in [-0.4, -0.2) is 23.2 Å². The molecule has 0 saturated carbocycles. The molecular weight excluding hydrogens is 167 g/mol. The Labute approximate surface area is 77.1 Å². The van der Waals surface area contributed by atoms with Gasteiger partial charge in [-0.05, 0) is 24.5 Å². The largest absolute Gasteiger partial charge is 0.495 e. The minimum absolute atomic E-state index is 0.477. The third-order valence-corrected chi connectivity index (χ3v) is 2.28. The highest BCUT2D eigenvalue weighted by Crippen LogP contribution is 2.27. The molecule has 0 saturated heterocycles. The highest BCUT2D eigenvalue weighted by atomic mass is 16.5. The van der Waals surface area contributed by atoms with Crippen LogP contribution in [0.2, 0.25) is 0 Å². The molecular formula is C9H11BO3. The molecule has 2 N–H and O–H groups in total. The van der Waals surface area contributed by atoms with Crippen LogP contribution in [0.1, 0.15) is 12.0 Å². The SMILES string of the molecule is OB(O)C1CCc2ccccc2O1. The zero-order valence-electron chi connectivity index (χ0n) is 7.18. The predicted octanol–water partition coefficient (Wildman–Crippen LogP) is 0.392. The predicted molar refractivity (Wildman–Crippen MR) is 49.4 cm³/mol. The Morgan fingerprint density at radius 1 is 1.31 bits per heavy atom. The molecule has 0 bridgehead atoms. The maximum atomic E-state index is 8.93. The van der Waals surface area contributed by atoms with E-state index >= 15 is 0 Å². The number of hydrogen-bond acceptors (Lipinski definition) is 3. The first-order chi connectivity index (χ1) is 6.27. The average Bonchev–Trinajstić information content (AvgIpc) is 2.17. The molecule has 0 aromatic heterocycles. The summed E-state index contributed by atoms with van der Waals surface area (Å²) >= 11 is 0. The Balaban J connectivity index is 2.20. The van der Waals surface area contributed by atoms with Crippen LogP contribution in [0.5, 0.6) is 5.75 Å². The summed E-state index contributed by atoms with van der Waals surface area (Å²) in [6, 6.07) is 7.21. The van der Waals surface area contributed by atoms with Crippen molar-refractivity contribution in [3.8, 4) is 5.75 Å². The van der Waals surface area contributed by atoms with Crippen LogP contribution < -0.4 is 4.74 Å². The van der Waals surface area contributed by atoms with E-state index in [4.69, 9.17) is 14.8 Å². The number of rotatable bonds is 1. The minimum Gasteiger partial charge on any atom is -0.492 e. The normalized spacial score (nSPS) is 20.3. The van der Waals surface area contributed by atoms with E-state index in [1.54, 1.807) is 0 Å². The summed E-state index contributed by atoms with van der Waals surface area (Å²) in [4.78, 5) is 0. The van der Waals surface area contributed by atoms with Crippen molar-refractivity contribution in [3.05, 3.63) is 29.8 Å². The fourth-order valence-electron chi connectivity index (χ4n) is 1.56. The summed E-state index contributed by atoms with van der Waals surface area (Å²) in [5.74, 6) is 0.770. The van der Waals surface area contributed by atoms with Crippen molar-refractivity contribution in [2.45, 2.75) is 18.8 Å². The number of benzene rings is 1. The summed E-state index contributed by atoms with van der Waals surface area (Å²) in [6.07, 6.45) is 1.51. The van der Waals surface area contributed by atoms with Gasteiger partial charge in [-0.3, -0.25) is 0 Å².